The molecule has 2 heterocycles. The van der Waals surface area contributed by atoms with Crippen LogP contribution in [0.2, 0.25) is 0 Å². The summed E-state index contributed by atoms with van der Waals surface area (Å²) < 4.78 is 24.9. The molecule has 0 atom stereocenters. The van der Waals surface area contributed by atoms with Gasteiger partial charge in [-0.2, -0.15) is 4.39 Å². The number of rotatable bonds is 9. The molecule has 2 aromatic carbocycles. The fourth-order valence-corrected chi connectivity index (χ4v) is 4.41. The van der Waals surface area contributed by atoms with E-state index in [0.29, 0.717) is 45.6 Å². The van der Waals surface area contributed by atoms with Crippen LogP contribution in [0.3, 0.4) is 0 Å². The van der Waals surface area contributed by atoms with Crippen molar-refractivity contribution in [3.05, 3.63) is 82.9 Å². The van der Waals surface area contributed by atoms with Gasteiger partial charge in [0.25, 0.3) is 0 Å². The molecule has 4 N–H and O–H groups in total. The second-order valence-electron chi connectivity index (χ2n) is 7.59. The van der Waals surface area contributed by atoms with Crippen LogP contribution in [0.4, 0.5) is 4.39 Å². The molecule has 0 spiro atoms. The summed E-state index contributed by atoms with van der Waals surface area (Å²) in [5.74, 6) is 0.0682. The summed E-state index contributed by atoms with van der Waals surface area (Å²) in [6.07, 6.45) is 1.76. The molecule has 3 aromatic rings. The van der Waals surface area contributed by atoms with Crippen molar-refractivity contribution in [1.82, 2.24) is 10.3 Å². The van der Waals surface area contributed by atoms with E-state index in [-0.39, 0.29) is 44.8 Å². The van der Waals surface area contributed by atoms with Gasteiger partial charge < -0.3 is 25.4 Å². The molecule has 4 rings (SSSR count). The van der Waals surface area contributed by atoms with E-state index in [0.717, 1.165) is 11.1 Å². The largest absolute Gasteiger partial charge is 0.495 e. The first-order valence-corrected chi connectivity index (χ1v) is 11.8. The summed E-state index contributed by atoms with van der Waals surface area (Å²) >= 11 is 1.19. The number of carbonyl (C=O) groups excluding carboxylic acids is 1. The standard InChI is InChI=1S/C26H24FN3O4S.H2O.W/c1-33-21-11-17(12-22(34-2)26(21)35-15-31)10-19-18-8-9-23(27)30-25(18)20(29-19)13-24(32)28-14-16-6-4-3-5-7-16;;/h3-12,31H,13-15H2,1-2H3,(H,28,32);1H2;/b19-10+;;. The van der Waals surface area contributed by atoms with Gasteiger partial charge in [-0.25, -0.2) is 9.98 Å². The third-order valence-corrected chi connectivity index (χ3v) is 6.14. The molecule has 1 aromatic heterocycles. The number of amides is 1. The number of fused-ring (bicyclic) bond motifs is 1. The maximum absolute atomic E-state index is 14.0. The number of ether oxygens (including phenoxy) is 2. The average molecular weight is 695 g/mol. The molecular weight excluding hydrogens is 669 g/mol. The minimum Gasteiger partial charge on any atom is -0.495 e. The van der Waals surface area contributed by atoms with Gasteiger partial charge >= 0.3 is 0 Å². The monoisotopic (exact) mass is 695 g/mol. The normalized spacial score (nSPS) is 12.6. The number of hydrogen-bond acceptors (Lipinski definition) is 7. The molecule has 8 nitrogen and oxygen atoms in total. The molecule has 1 amide bonds. The SMILES string of the molecule is COc1cc(/C=C2/N=C(CC(=O)NCc3ccccc3)c3nc(F)ccc32)cc(OC)c1SCO.O.[W]. The number of aliphatic hydroxyl groups is 1. The summed E-state index contributed by atoms with van der Waals surface area (Å²) in [7, 11) is 3.07. The zero-order chi connectivity index (χ0) is 24.8. The van der Waals surface area contributed by atoms with Gasteiger partial charge in [0.05, 0.1) is 48.6 Å². The molecule has 1 aliphatic rings. The maximum Gasteiger partial charge on any atom is 0.226 e. The Balaban J connectivity index is 0.00000241. The van der Waals surface area contributed by atoms with Crippen molar-refractivity contribution >= 4 is 35.2 Å². The molecule has 1 aliphatic heterocycles. The summed E-state index contributed by atoms with van der Waals surface area (Å²) in [6, 6.07) is 16.0. The summed E-state index contributed by atoms with van der Waals surface area (Å²) in [5.41, 5.74) is 3.61. The number of halogens is 1. The number of aromatic nitrogens is 1. The minimum atomic E-state index is -0.642. The topological polar surface area (TPSA) is 125 Å². The Morgan fingerprint density at radius 1 is 1.11 bits per heavy atom. The molecule has 0 bridgehead atoms. The van der Waals surface area contributed by atoms with E-state index in [4.69, 9.17) is 9.47 Å². The molecule has 0 radical (unpaired) electrons. The number of methoxy groups -OCH3 is 2. The summed E-state index contributed by atoms with van der Waals surface area (Å²) in [5, 5.41) is 12.2. The van der Waals surface area contributed by atoms with Gasteiger partial charge in [-0.3, -0.25) is 4.79 Å². The fourth-order valence-electron chi connectivity index (χ4n) is 3.71. The van der Waals surface area contributed by atoms with Crippen LogP contribution in [-0.4, -0.2) is 47.3 Å². The summed E-state index contributed by atoms with van der Waals surface area (Å²) in [6.45, 7) is 0.386. The van der Waals surface area contributed by atoms with Gasteiger partial charge in [-0.15, -0.1) is 0 Å². The Morgan fingerprint density at radius 2 is 1.78 bits per heavy atom. The zero-order valence-electron chi connectivity index (χ0n) is 20.2. The Kier molecular flexibility index (Phi) is 11.5. The first-order chi connectivity index (χ1) is 17.0. The smallest absolute Gasteiger partial charge is 0.226 e. The number of benzene rings is 2. The minimum absolute atomic E-state index is 0. The second kappa shape index (κ2) is 14.0. The van der Waals surface area contributed by atoms with Crippen LogP contribution in [0.15, 0.2) is 64.5 Å². The van der Waals surface area contributed by atoms with E-state index >= 15 is 0 Å². The number of thioether (sulfide) groups is 1. The van der Waals surface area contributed by atoms with E-state index in [9.17, 15) is 14.3 Å². The molecule has 37 heavy (non-hydrogen) atoms. The molecule has 11 heteroatoms. The van der Waals surface area contributed by atoms with Gasteiger partial charge in [0.2, 0.25) is 11.9 Å². The summed E-state index contributed by atoms with van der Waals surface area (Å²) in [4.78, 5) is 21.9. The number of nitrogens with one attached hydrogen (secondary N) is 1. The Morgan fingerprint density at radius 3 is 2.41 bits per heavy atom. The number of aliphatic imine (C=N–C) groups is 1. The third-order valence-electron chi connectivity index (χ3n) is 5.32. The first-order valence-electron chi connectivity index (χ1n) is 10.8. The number of aliphatic hydroxyl groups excluding tert-OH is 1. The van der Waals surface area contributed by atoms with Crippen molar-refractivity contribution in [3.63, 3.8) is 0 Å². The predicted octanol–water partition coefficient (Wildman–Crippen LogP) is 3.46. The van der Waals surface area contributed by atoms with Gasteiger partial charge in [0.15, 0.2) is 0 Å². The molecule has 0 unspecified atom stereocenters. The van der Waals surface area contributed by atoms with E-state index in [1.807, 2.05) is 30.3 Å². The number of carbonyl (C=O) groups is 1. The fraction of sp³-hybridized carbons (Fsp3) is 0.192. The van der Waals surface area contributed by atoms with Crippen molar-refractivity contribution < 1.29 is 50.3 Å². The van der Waals surface area contributed by atoms with Crippen molar-refractivity contribution in [1.29, 1.82) is 0 Å². The molecular formula is C26H26FN3O5SW. The van der Waals surface area contributed by atoms with E-state index in [1.54, 1.807) is 24.3 Å². The van der Waals surface area contributed by atoms with Crippen molar-refractivity contribution in [2.45, 2.75) is 17.9 Å². The van der Waals surface area contributed by atoms with Crippen LogP contribution in [0.1, 0.15) is 28.8 Å². The quantitative estimate of drug-likeness (QED) is 0.201. The Hall–Kier alpha value is -3.04. The van der Waals surface area contributed by atoms with Crippen molar-refractivity contribution in [3.8, 4) is 11.5 Å². The van der Waals surface area contributed by atoms with Gasteiger partial charge in [-0.05, 0) is 41.5 Å². The van der Waals surface area contributed by atoms with Crippen LogP contribution in [0.5, 0.6) is 11.5 Å². The number of hydrogen-bond donors (Lipinski definition) is 2. The van der Waals surface area contributed by atoms with Crippen LogP contribution >= 0.6 is 11.8 Å². The Labute approximate surface area is 232 Å². The second-order valence-corrected chi connectivity index (χ2v) is 8.54. The van der Waals surface area contributed by atoms with Crippen LogP contribution < -0.4 is 14.8 Å². The van der Waals surface area contributed by atoms with Crippen molar-refractivity contribution in [2.24, 2.45) is 4.99 Å². The van der Waals surface area contributed by atoms with E-state index < -0.39 is 5.95 Å². The van der Waals surface area contributed by atoms with Crippen LogP contribution in [-0.2, 0) is 32.4 Å². The van der Waals surface area contributed by atoms with E-state index in [2.05, 4.69) is 15.3 Å². The van der Waals surface area contributed by atoms with Crippen LogP contribution in [0, 0.1) is 5.95 Å². The van der Waals surface area contributed by atoms with E-state index in [1.165, 1.54) is 32.0 Å². The van der Waals surface area contributed by atoms with Gasteiger partial charge in [0, 0.05) is 33.2 Å². The number of pyridine rings is 1. The Bertz CT molecular complexity index is 1280. The maximum atomic E-state index is 14.0. The van der Waals surface area contributed by atoms with Gasteiger partial charge in [0.1, 0.15) is 11.5 Å². The van der Waals surface area contributed by atoms with Gasteiger partial charge in [-0.1, -0.05) is 42.1 Å². The molecule has 0 fully saturated rings. The average Bonchev–Trinajstić information content (AvgIpc) is 3.19. The van der Waals surface area contributed by atoms with Crippen molar-refractivity contribution in [2.75, 3.05) is 20.2 Å². The van der Waals surface area contributed by atoms with Crippen LogP contribution in [0.25, 0.3) is 11.8 Å². The zero-order valence-corrected chi connectivity index (χ0v) is 23.9. The molecule has 0 saturated heterocycles. The first kappa shape index (κ1) is 30.2. The molecule has 0 saturated carbocycles. The predicted molar refractivity (Wildman–Crippen MR) is 138 cm³/mol. The third kappa shape index (κ3) is 7.26. The molecule has 0 aliphatic carbocycles. The number of nitrogens with zero attached hydrogens (tertiary/aromatic N) is 2. The molecule has 194 valence electrons.